The van der Waals surface area contributed by atoms with Gasteiger partial charge in [-0.15, -0.1) is 0 Å². The average molecular weight is 475 g/mol. The number of hydrogen-bond donors (Lipinski definition) is 1. The molecular weight excluding hydrogens is 444 g/mol. The van der Waals surface area contributed by atoms with Crippen molar-refractivity contribution < 1.29 is 27.5 Å². The maximum atomic E-state index is 13.3. The standard InChI is InChI=1S/C24H30N2O6S/c1-16(21-15-19(31-3)10-13-23(21)32-4)25-24(28)22-7-5-6-14-26(22)33(29,30)20-11-8-18(9-12-20)17(2)27/h8-13,15-16,22H,5-7,14H2,1-4H3,(H,25,28)/t16-,22+/m1/s1. The lowest BCUT2D eigenvalue weighted by Crippen LogP contribution is -2.52. The van der Waals surface area contributed by atoms with Crippen molar-refractivity contribution in [3.8, 4) is 11.5 Å². The van der Waals surface area contributed by atoms with Crippen LogP contribution in [-0.2, 0) is 14.8 Å². The number of benzene rings is 2. The summed E-state index contributed by atoms with van der Waals surface area (Å²) < 4.78 is 38.7. The molecule has 1 fully saturated rings. The van der Waals surface area contributed by atoms with Crippen LogP contribution in [0.5, 0.6) is 11.5 Å². The van der Waals surface area contributed by atoms with Crippen molar-refractivity contribution >= 4 is 21.7 Å². The number of amides is 1. The van der Waals surface area contributed by atoms with Gasteiger partial charge in [-0.05, 0) is 57.0 Å². The highest BCUT2D eigenvalue weighted by molar-refractivity contribution is 7.89. The van der Waals surface area contributed by atoms with Crippen molar-refractivity contribution in [2.75, 3.05) is 20.8 Å². The Morgan fingerprint density at radius 2 is 1.76 bits per heavy atom. The number of Topliss-reactive ketones (excluding diaryl/α,β-unsaturated/α-hetero) is 1. The molecule has 0 bridgehead atoms. The fraction of sp³-hybridized carbons (Fsp3) is 0.417. The summed E-state index contributed by atoms with van der Waals surface area (Å²) >= 11 is 0. The molecule has 2 aromatic carbocycles. The third-order valence-corrected chi connectivity index (χ3v) is 7.81. The van der Waals surface area contributed by atoms with Gasteiger partial charge >= 0.3 is 0 Å². The quantitative estimate of drug-likeness (QED) is 0.589. The van der Waals surface area contributed by atoms with Gasteiger partial charge in [0.1, 0.15) is 17.5 Å². The van der Waals surface area contributed by atoms with E-state index in [1.54, 1.807) is 32.4 Å². The summed E-state index contributed by atoms with van der Waals surface area (Å²) in [5.41, 5.74) is 1.16. The van der Waals surface area contributed by atoms with Crippen LogP contribution >= 0.6 is 0 Å². The highest BCUT2D eigenvalue weighted by atomic mass is 32.2. The molecule has 1 N–H and O–H groups in total. The fourth-order valence-corrected chi connectivity index (χ4v) is 5.67. The minimum atomic E-state index is -3.91. The number of sulfonamides is 1. The molecular formula is C24H30N2O6S. The first-order valence-corrected chi connectivity index (χ1v) is 12.3. The summed E-state index contributed by atoms with van der Waals surface area (Å²) in [6, 6.07) is 9.88. The predicted octanol–water partition coefficient (Wildman–Crippen LogP) is 3.33. The summed E-state index contributed by atoms with van der Waals surface area (Å²) in [4.78, 5) is 24.8. The Labute approximate surface area is 194 Å². The second kappa shape index (κ2) is 10.4. The van der Waals surface area contributed by atoms with Crippen LogP contribution in [0.2, 0.25) is 0 Å². The fourth-order valence-electron chi connectivity index (χ4n) is 4.02. The zero-order valence-corrected chi connectivity index (χ0v) is 20.1. The molecule has 1 aliphatic rings. The molecule has 0 aromatic heterocycles. The average Bonchev–Trinajstić information content (AvgIpc) is 2.83. The Hall–Kier alpha value is -2.91. The highest BCUT2D eigenvalue weighted by Crippen LogP contribution is 2.31. The van der Waals surface area contributed by atoms with Crippen molar-refractivity contribution in [3.05, 3.63) is 53.6 Å². The van der Waals surface area contributed by atoms with Gasteiger partial charge in [0.25, 0.3) is 0 Å². The summed E-state index contributed by atoms with van der Waals surface area (Å²) in [5, 5.41) is 2.94. The number of methoxy groups -OCH3 is 2. The van der Waals surface area contributed by atoms with Crippen LogP contribution in [0.3, 0.4) is 0 Å². The van der Waals surface area contributed by atoms with Crippen molar-refractivity contribution in [1.82, 2.24) is 9.62 Å². The maximum Gasteiger partial charge on any atom is 0.243 e. The summed E-state index contributed by atoms with van der Waals surface area (Å²) in [6.07, 6.45) is 1.86. The van der Waals surface area contributed by atoms with Crippen LogP contribution < -0.4 is 14.8 Å². The van der Waals surface area contributed by atoms with Crippen molar-refractivity contribution in [1.29, 1.82) is 0 Å². The molecule has 0 radical (unpaired) electrons. The lowest BCUT2D eigenvalue weighted by Gasteiger charge is -2.34. The van der Waals surface area contributed by atoms with Gasteiger partial charge in [0.15, 0.2) is 5.78 Å². The topological polar surface area (TPSA) is 102 Å². The van der Waals surface area contributed by atoms with Crippen LogP contribution in [0.15, 0.2) is 47.4 Å². The van der Waals surface area contributed by atoms with Crippen LogP contribution in [0, 0.1) is 0 Å². The number of ether oxygens (including phenoxy) is 2. The van der Waals surface area contributed by atoms with E-state index in [1.807, 2.05) is 6.92 Å². The van der Waals surface area contributed by atoms with E-state index in [1.165, 1.54) is 35.5 Å². The molecule has 2 atom stereocenters. The maximum absolute atomic E-state index is 13.3. The first-order valence-electron chi connectivity index (χ1n) is 10.8. The van der Waals surface area contributed by atoms with Gasteiger partial charge in [0.2, 0.25) is 15.9 Å². The number of nitrogens with one attached hydrogen (secondary N) is 1. The van der Waals surface area contributed by atoms with Crippen LogP contribution in [0.1, 0.15) is 55.1 Å². The first kappa shape index (κ1) is 24.7. The Bertz CT molecular complexity index is 1110. The molecule has 3 rings (SSSR count). The van der Waals surface area contributed by atoms with Crippen molar-refractivity contribution in [2.24, 2.45) is 0 Å². The molecule has 0 aliphatic carbocycles. The Balaban J connectivity index is 1.83. The van der Waals surface area contributed by atoms with Gasteiger partial charge in [-0.3, -0.25) is 9.59 Å². The second-order valence-electron chi connectivity index (χ2n) is 8.05. The van der Waals surface area contributed by atoms with Gasteiger partial charge < -0.3 is 14.8 Å². The van der Waals surface area contributed by atoms with E-state index in [9.17, 15) is 18.0 Å². The lowest BCUT2D eigenvalue weighted by molar-refractivity contribution is -0.126. The molecule has 8 nitrogen and oxygen atoms in total. The zero-order chi connectivity index (χ0) is 24.2. The Morgan fingerprint density at radius 3 is 2.36 bits per heavy atom. The largest absolute Gasteiger partial charge is 0.497 e. The molecule has 178 valence electrons. The van der Waals surface area contributed by atoms with Crippen molar-refractivity contribution in [3.63, 3.8) is 0 Å². The third kappa shape index (κ3) is 5.36. The van der Waals surface area contributed by atoms with E-state index in [0.717, 1.165) is 12.0 Å². The predicted molar refractivity (Wildman–Crippen MR) is 124 cm³/mol. The van der Waals surface area contributed by atoms with Gasteiger partial charge in [-0.1, -0.05) is 18.6 Å². The van der Waals surface area contributed by atoms with Crippen molar-refractivity contribution in [2.45, 2.75) is 50.1 Å². The van der Waals surface area contributed by atoms with E-state index < -0.39 is 22.1 Å². The van der Waals surface area contributed by atoms with Crippen LogP contribution in [-0.4, -0.2) is 51.2 Å². The minimum absolute atomic E-state index is 0.0645. The number of rotatable bonds is 8. The molecule has 1 saturated heterocycles. The number of hydrogen-bond acceptors (Lipinski definition) is 6. The summed E-state index contributed by atoms with van der Waals surface area (Å²) in [6.45, 7) is 3.50. The number of carbonyl (C=O) groups is 2. The van der Waals surface area contributed by atoms with Gasteiger partial charge in [-0.2, -0.15) is 4.31 Å². The Kier molecular flexibility index (Phi) is 7.76. The molecule has 1 heterocycles. The molecule has 9 heteroatoms. The SMILES string of the molecule is COc1ccc(OC)c([C@@H](C)NC(=O)[C@@H]2CCCCN2S(=O)(=O)c2ccc(C(C)=O)cc2)c1. The molecule has 2 aromatic rings. The lowest BCUT2D eigenvalue weighted by atomic mass is 10.0. The highest BCUT2D eigenvalue weighted by Gasteiger charge is 2.38. The molecule has 1 aliphatic heterocycles. The molecule has 0 spiro atoms. The Morgan fingerprint density at radius 1 is 1.06 bits per heavy atom. The number of piperidine rings is 1. The minimum Gasteiger partial charge on any atom is -0.497 e. The first-order chi connectivity index (χ1) is 15.7. The van der Waals surface area contributed by atoms with E-state index in [-0.39, 0.29) is 23.1 Å². The van der Waals surface area contributed by atoms with Crippen LogP contribution in [0.25, 0.3) is 0 Å². The van der Waals surface area contributed by atoms with E-state index in [4.69, 9.17) is 9.47 Å². The number of carbonyl (C=O) groups excluding carboxylic acids is 2. The van der Waals surface area contributed by atoms with Gasteiger partial charge in [-0.25, -0.2) is 8.42 Å². The van der Waals surface area contributed by atoms with Gasteiger partial charge in [0, 0.05) is 17.7 Å². The van der Waals surface area contributed by atoms with Crippen LogP contribution in [0.4, 0.5) is 0 Å². The van der Waals surface area contributed by atoms with Gasteiger partial charge in [0.05, 0.1) is 25.2 Å². The third-order valence-electron chi connectivity index (χ3n) is 5.89. The number of nitrogens with zero attached hydrogens (tertiary/aromatic N) is 1. The molecule has 33 heavy (non-hydrogen) atoms. The molecule has 1 amide bonds. The summed E-state index contributed by atoms with van der Waals surface area (Å²) in [5.74, 6) is 0.720. The number of ketones is 1. The van der Waals surface area contributed by atoms with E-state index >= 15 is 0 Å². The van der Waals surface area contributed by atoms with E-state index in [0.29, 0.717) is 29.9 Å². The normalized spacial score (nSPS) is 17.8. The summed E-state index contributed by atoms with van der Waals surface area (Å²) in [7, 11) is -0.800. The molecule has 0 unspecified atom stereocenters. The van der Waals surface area contributed by atoms with E-state index in [2.05, 4.69) is 5.32 Å². The monoisotopic (exact) mass is 474 g/mol. The smallest absolute Gasteiger partial charge is 0.243 e. The second-order valence-corrected chi connectivity index (χ2v) is 9.94. The molecule has 0 saturated carbocycles. The zero-order valence-electron chi connectivity index (χ0n) is 19.3.